The van der Waals surface area contributed by atoms with Gasteiger partial charge in [-0.2, -0.15) is 0 Å². The largest absolute Gasteiger partial charge is 0.497 e. The zero-order chi connectivity index (χ0) is 20.1. The molecule has 0 bridgehead atoms. The van der Waals surface area contributed by atoms with Gasteiger partial charge < -0.3 is 9.64 Å². The first-order chi connectivity index (χ1) is 14.2. The molecule has 4 rings (SSSR count). The molecule has 0 radical (unpaired) electrons. The summed E-state index contributed by atoms with van der Waals surface area (Å²) < 4.78 is 5.23. The SMILES string of the molecule is COc1ccc(CN2CCCN(C(=O)Cc3ccc4ccccc4c3)CC2)cc1. The van der Waals surface area contributed by atoms with Crippen molar-refractivity contribution in [2.75, 3.05) is 33.3 Å². The molecule has 0 spiro atoms. The monoisotopic (exact) mass is 388 g/mol. The predicted octanol–water partition coefficient (Wildman–Crippen LogP) is 4.13. The van der Waals surface area contributed by atoms with Gasteiger partial charge in [-0.3, -0.25) is 9.69 Å². The van der Waals surface area contributed by atoms with E-state index in [-0.39, 0.29) is 5.91 Å². The summed E-state index contributed by atoms with van der Waals surface area (Å²) >= 11 is 0. The average Bonchev–Trinajstić information content (AvgIpc) is 3.00. The summed E-state index contributed by atoms with van der Waals surface area (Å²) in [6, 6.07) is 22.9. The highest BCUT2D eigenvalue weighted by molar-refractivity contribution is 5.85. The molecule has 0 saturated carbocycles. The lowest BCUT2D eigenvalue weighted by atomic mass is 10.0. The summed E-state index contributed by atoms with van der Waals surface area (Å²) in [5.74, 6) is 1.11. The number of hydrogen-bond donors (Lipinski definition) is 0. The Morgan fingerprint density at radius 2 is 1.62 bits per heavy atom. The molecule has 0 unspecified atom stereocenters. The number of hydrogen-bond acceptors (Lipinski definition) is 3. The van der Waals surface area contributed by atoms with Gasteiger partial charge in [0.05, 0.1) is 13.5 Å². The van der Waals surface area contributed by atoms with Crippen molar-refractivity contribution in [1.29, 1.82) is 0 Å². The molecule has 0 N–H and O–H groups in total. The molecular formula is C25H28N2O2. The topological polar surface area (TPSA) is 32.8 Å². The number of nitrogens with zero attached hydrogens (tertiary/aromatic N) is 2. The van der Waals surface area contributed by atoms with E-state index >= 15 is 0 Å². The number of carbonyl (C=O) groups is 1. The Labute approximate surface area is 172 Å². The van der Waals surface area contributed by atoms with E-state index in [1.54, 1.807) is 7.11 Å². The molecule has 1 fully saturated rings. The Hall–Kier alpha value is -2.85. The Balaban J connectivity index is 1.33. The highest BCUT2D eigenvalue weighted by Crippen LogP contribution is 2.18. The van der Waals surface area contributed by atoms with Gasteiger partial charge in [0, 0.05) is 32.7 Å². The summed E-state index contributed by atoms with van der Waals surface area (Å²) in [6.45, 7) is 4.48. The minimum atomic E-state index is 0.228. The fraction of sp³-hybridized carbons (Fsp3) is 0.320. The Kier molecular flexibility index (Phi) is 6.11. The first-order valence-corrected chi connectivity index (χ1v) is 10.3. The minimum Gasteiger partial charge on any atom is -0.497 e. The Morgan fingerprint density at radius 1 is 0.862 bits per heavy atom. The van der Waals surface area contributed by atoms with Crippen LogP contribution in [0.4, 0.5) is 0 Å². The molecule has 1 aliphatic heterocycles. The third-order valence-corrected chi connectivity index (χ3v) is 5.68. The lowest BCUT2D eigenvalue weighted by molar-refractivity contribution is -0.130. The van der Waals surface area contributed by atoms with Gasteiger partial charge in [0.25, 0.3) is 0 Å². The van der Waals surface area contributed by atoms with Crippen molar-refractivity contribution in [1.82, 2.24) is 9.80 Å². The summed E-state index contributed by atoms with van der Waals surface area (Å²) in [5, 5.41) is 2.41. The highest BCUT2D eigenvalue weighted by atomic mass is 16.5. The maximum atomic E-state index is 12.9. The van der Waals surface area contributed by atoms with Crippen LogP contribution in [0.25, 0.3) is 10.8 Å². The second-order valence-corrected chi connectivity index (χ2v) is 7.72. The number of methoxy groups -OCH3 is 1. The van der Waals surface area contributed by atoms with E-state index < -0.39 is 0 Å². The number of ether oxygens (including phenoxy) is 1. The molecule has 3 aromatic rings. The smallest absolute Gasteiger partial charge is 0.227 e. The molecule has 1 saturated heterocycles. The summed E-state index contributed by atoms with van der Waals surface area (Å²) in [6.07, 6.45) is 1.49. The lowest BCUT2D eigenvalue weighted by Gasteiger charge is -2.22. The molecule has 1 aliphatic rings. The van der Waals surface area contributed by atoms with E-state index in [4.69, 9.17) is 4.74 Å². The number of benzene rings is 3. The summed E-state index contributed by atoms with van der Waals surface area (Å²) in [5.41, 5.74) is 2.37. The molecule has 1 amide bonds. The van der Waals surface area contributed by atoms with Crippen LogP contribution in [0.5, 0.6) is 5.75 Å². The maximum absolute atomic E-state index is 12.9. The van der Waals surface area contributed by atoms with E-state index in [0.29, 0.717) is 6.42 Å². The van der Waals surface area contributed by atoms with Crippen LogP contribution in [0.3, 0.4) is 0 Å². The van der Waals surface area contributed by atoms with Crippen molar-refractivity contribution in [3.05, 3.63) is 77.9 Å². The van der Waals surface area contributed by atoms with Crippen LogP contribution >= 0.6 is 0 Å². The van der Waals surface area contributed by atoms with Crippen LogP contribution in [0.1, 0.15) is 17.5 Å². The quantitative estimate of drug-likeness (QED) is 0.659. The fourth-order valence-corrected chi connectivity index (χ4v) is 4.00. The maximum Gasteiger partial charge on any atom is 0.227 e. The number of fused-ring (bicyclic) bond motifs is 1. The Bertz CT molecular complexity index is 968. The van der Waals surface area contributed by atoms with Gasteiger partial charge in [0.15, 0.2) is 0 Å². The molecule has 0 aliphatic carbocycles. The normalized spacial score (nSPS) is 15.3. The van der Waals surface area contributed by atoms with Crippen molar-refractivity contribution in [3.63, 3.8) is 0 Å². The molecule has 150 valence electrons. The molecule has 4 nitrogen and oxygen atoms in total. The molecule has 0 atom stereocenters. The zero-order valence-electron chi connectivity index (χ0n) is 17.0. The minimum absolute atomic E-state index is 0.228. The van der Waals surface area contributed by atoms with Gasteiger partial charge in [-0.25, -0.2) is 0 Å². The molecule has 29 heavy (non-hydrogen) atoms. The van der Waals surface area contributed by atoms with Crippen LogP contribution in [-0.2, 0) is 17.8 Å². The van der Waals surface area contributed by atoms with Crippen LogP contribution in [-0.4, -0.2) is 49.0 Å². The van der Waals surface area contributed by atoms with Crippen molar-refractivity contribution < 1.29 is 9.53 Å². The fourth-order valence-electron chi connectivity index (χ4n) is 4.00. The second-order valence-electron chi connectivity index (χ2n) is 7.72. The van der Waals surface area contributed by atoms with Crippen LogP contribution < -0.4 is 4.74 Å². The van der Waals surface area contributed by atoms with E-state index in [1.807, 2.05) is 29.2 Å². The van der Waals surface area contributed by atoms with Gasteiger partial charge in [-0.05, 0) is 40.5 Å². The van der Waals surface area contributed by atoms with Crippen molar-refractivity contribution in [3.8, 4) is 5.75 Å². The molecule has 0 aromatic heterocycles. The van der Waals surface area contributed by atoms with Crippen LogP contribution in [0, 0.1) is 0 Å². The second kappa shape index (κ2) is 9.10. The third kappa shape index (κ3) is 4.96. The number of rotatable bonds is 5. The molecule has 1 heterocycles. The van der Waals surface area contributed by atoms with E-state index in [2.05, 4.69) is 47.4 Å². The van der Waals surface area contributed by atoms with Crippen molar-refractivity contribution in [2.45, 2.75) is 19.4 Å². The standard InChI is InChI=1S/C25H28N2O2/c1-29-24-11-8-20(9-12-24)19-26-13-4-14-27(16-15-26)25(28)18-21-7-10-22-5-2-3-6-23(22)17-21/h2-3,5-12,17H,4,13-16,18-19H2,1H3. The summed E-state index contributed by atoms with van der Waals surface area (Å²) in [4.78, 5) is 17.4. The molecule has 4 heteroatoms. The van der Waals surface area contributed by atoms with Gasteiger partial charge >= 0.3 is 0 Å². The van der Waals surface area contributed by atoms with E-state index in [9.17, 15) is 4.79 Å². The first-order valence-electron chi connectivity index (χ1n) is 10.3. The first kappa shape index (κ1) is 19.5. The van der Waals surface area contributed by atoms with Crippen molar-refractivity contribution >= 4 is 16.7 Å². The number of carbonyl (C=O) groups excluding carboxylic acids is 1. The molecular weight excluding hydrogens is 360 g/mol. The molecule has 3 aromatic carbocycles. The predicted molar refractivity (Wildman–Crippen MR) is 117 cm³/mol. The highest BCUT2D eigenvalue weighted by Gasteiger charge is 2.19. The lowest BCUT2D eigenvalue weighted by Crippen LogP contribution is -2.36. The van der Waals surface area contributed by atoms with Gasteiger partial charge in [-0.1, -0.05) is 54.6 Å². The van der Waals surface area contributed by atoms with Gasteiger partial charge in [0.2, 0.25) is 5.91 Å². The van der Waals surface area contributed by atoms with Gasteiger partial charge in [-0.15, -0.1) is 0 Å². The van der Waals surface area contributed by atoms with Gasteiger partial charge in [0.1, 0.15) is 5.75 Å². The van der Waals surface area contributed by atoms with Crippen molar-refractivity contribution in [2.24, 2.45) is 0 Å². The number of amides is 1. The average molecular weight is 389 g/mol. The van der Waals surface area contributed by atoms with E-state index in [0.717, 1.165) is 50.5 Å². The van der Waals surface area contributed by atoms with Crippen LogP contribution in [0.15, 0.2) is 66.7 Å². The Morgan fingerprint density at radius 3 is 2.41 bits per heavy atom. The van der Waals surface area contributed by atoms with Crippen LogP contribution in [0.2, 0.25) is 0 Å². The van der Waals surface area contributed by atoms with E-state index in [1.165, 1.54) is 16.3 Å². The summed E-state index contributed by atoms with van der Waals surface area (Å²) in [7, 11) is 1.69. The zero-order valence-corrected chi connectivity index (χ0v) is 17.0. The third-order valence-electron chi connectivity index (χ3n) is 5.68.